The van der Waals surface area contributed by atoms with Gasteiger partial charge < -0.3 is 19.5 Å². The number of morpholine rings is 1. The van der Waals surface area contributed by atoms with Crippen molar-refractivity contribution in [2.45, 2.75) is 50.8 Å². The van der Waals surface area contributed by atoms with Crippen LogP contribution in [0.1, 0.15) is 37.7 Å². The third-order valence-electron chi connectivity index (χ3n) is 5.60. The van der Waals surface area contributed by atoms with Gasteiger partial charge in [-0.05, 0) is 26.0 Å². The summed E-state index contributed by atoms with van der Waals surface area (Å²) < 4.78 is 11.4. The first kappa shape index (κ1) is 19.6. The van der Waals surface area contributed by atoms with E-state index in [4.69, 9.17) is 9.47 Å². The van der Waals surface area contributed by atoms with Gasteiger partial charge in [0.1, 0.15) is 18.5 Å². The second-order valence-corrected chi connectivity index (χ2v) is 7.69. The summed E-state index contributed by atoms with van der Waals surface area (Å²) in [6.45, 7) is 5.42. The van der Waals surface area contributed by atoms with Crippen molar-refractivity contribution in [3.05, 3.63) is 29.8 Å². The Kier molecular flexibility index (Phi) is 7.74. The molecule has 1 saturated carbocycles. The second kappa shape index (κ2) is 10.3. The van der Waals surface area contributed by atoms with E-state index in [9.17, 15) is 5.11 Å². The zero-order chi connectivity index (χ0) is 18.2. The normalized spacial score (nSPS) is 21.0. The van der Waals surface area contributed by atoms with Crippen LogP contribution < -0.4 is 4.74 Å². The fraction of sp³-hybridized carbons (Fsp3) is 0.714. The van der Waals surface area contributed by atoms with Gasteiger partial charge in [-0.1, -0.05) is 37.5 Å². The lowest BCUT2D eigenvalue weighted by molar-refractivity contribution is 0.0330. The molecule has 0 radical (unpaired) electrons. The Bertz CT molecular complexity index is 528. The van der Waals surface area contributed by atoms with Crippen LogP contribution in [0.3, 0.4) is 0 Å². The number of ether oxygens (including phenoxy) is 2. The lowest BCUT2D eigenvalue weighted by Crippen LogP contribution is -2.40. The van der Waals surface area contributed by atoms with Crippen LogP contribution in [-0.2, 0) is 11.3 Å². The summed E-state index contributed by atoms with van der Waals surface area (Å²) >= 11 is 0. The summed E-state index contributed by atoms with van der Waals surface area (Å²) in [6.07, 6.45) is 6.04. The number of rotatable bonds is 8. The minimum Gasteiger partial charge on any atom is -0.491 e. The largest absolute Gasteiger partial charge is 0.491 e. The third-order valence-corrected chi connectivity index (χ3v) is 5.60. The van der Waals surface area contributed by atoms with Gasteiger partial charge in [0.15, 0.2) is 0 Å². The van der Waals surface area contributed by atoms with Crippen LogP contribution in [0, 0.1) is 0 Å². The number of para-hydroxylation sites is 1. The predicted molar refractivity (Wildman–Crippen MR) is 104 cm³/mol. The number of hydrogen-bond donors (Lipinski definition) is 1. The number of nitrogens with zero attached hydrogens (tertiary/aromatic N) is 2. The standard InChI is InChI=1S/C21H34N2O3/c1-22(19-8-3-2-4-9-19)16-20(24)17-26-21-10-6-5-7-18(21)15-23-11-13-25-14-12-23/h5-7,10,19-20,24H,2-4,8-9,11-17H2,1H3. The molecule has 1 aromatic rings. The minimum atomic E-state index is -0.460. The molecule has 146 valence electrons. The fourth-order valence-corrected chi connectivity index (χ4v) is 4.02. The van der Waals surface area contributed by atoms with E-state index in [1.54, 1.807) is 0 Å². The quantitative estimate of drug-likeness (QED) is 0.770. The SMILES string of the molecule is CN(CC(O)COc1ccccc1CN1CCOCC1)C1CCCCC1. The number of aliphatic hydroxyl groups excluding tert-OH is 1. The molecule has 1 heterocycles. The average molecular weight is 363 g/mol. The highest BCUT2D eigenvalue weighted by molar-refractivity contribution is 5.33. The van der Waals surface area contributed by atoms with Gasteiger partial charge >= 0.3 is 0 Å². The molecule has 5 heteroatoms. The molecule has 2 aliphatic rings. The first-order valence-corrected chi connectivity index (χ1v) is 10.1. The maximum Gasteiger partial charge on any atom is 0.123 e. The topological polar surface area (TPSA) is 45.2 Å². The Morgan fingerprint density at radius 3 is 2.69 bits per heavy atom. The number of benzene rings is 1. The summed E-state index contributed by atoms with van der Waals surface area (Å²) in [5.41, 5.74) is 1.18. The molecule has 1 aliphatic heterocycles. The minimum absolute atomic E-state index is 0.344. The van der Waals surface area contributed by atoms with Gasteiger partial charge in [-0.25, -0.2) is 0 Å². The van der Waals surface area contributed by atoms with Crippen LogP contribution in [0.25, 0.3) is 0 Å². The molecule has 26 heavy (non-hydrogen) atoms. The fourth-order valence-electron chi connectivity index (χ4n) is 4.02. The summed E-state index contributed by atoms with van der Waals surface area (Å²) in [5, 5.41) is 10.4. The molecule has 0 amide bonds. The van der Waals surface area contributed by atoms with Crippen molar-refractivity contribution in [2.75, 3.05) is 46.5 Å². The van der Waals surface area contributed by atoms with Crippen molar-refractivity contribution in [1.29, 1.82) is 0 Å². The number of likely N-dealkylation sites (N-methyl/N-ethyl adjacent to an activating group) is 1. The lowest BCUT2D eigenvalue weighted by Gasteiger charge is -2.32. The van der Waals surface area contributed by atoms with Crippen molar-refractivity contribution in [2.24, 2.45) is 0 Å². The second-order valence-electron chi connectivity index (χ2n) is 7.69. The van der Waals surface area contributed by atoms with Crippen molar-refractivity contribution in [3.8, 4) is 5.75 Å². The summed E-state index contributed by atoms with van der Waals surface area (Å²) in [6, 6.07) is 8.79. The van der Waals surface area contributed by atoms with E-state index in [2.05, 4.69) is 29.0 Å². The van der Waals surface area contributed by atoms with Crippen LogP contribution in [0.5, 0.6) is 5.75 Å². The van der Waals surface area contributed by atoms with Crippen molar-refractivity contribution >= 4 is 0 Å². The van der Waals surface area contributed by atoms with Gasteiger partial charge in [0.25, 0.3) is 0 Å². The number of aliphatic hydroxyl groups is 1. The molecule has 0 bridgehead atoms. The van der Waals surface area contributed by atoms with E-state index in [0.717, 1.165) is 38.6 Å². The van der Waals surface area contributed by atoms with E-state index in [1.807, 2.05) is 12.1 Å². The first-order chi connectivity index (χ1) is 12.7. The molecule has 1 unspecified atom stereocenters. The van der Waals surface area contributed by atoms with Gasteiger partial charge in [0.05, 0.1) is 13.2 Å². The van der Waals surface area contributed by atoms with E-state index in [1.165, 1.54) is 37.7 Å². The van der Waals surface area contributed by atoms with Gasteiger partial charge in [0, 0.05) is 37.8 Å². The third kappa shape index (κ3) is 5.95. The van der Waals surface area contributed by atoms with Crippen LogP contribution >= 0.6 is 0 Å². The zero-order valence-corrected chi connectivity index (χ0v) is 16.1. The summed E-state index contributed by atoms with van der Waals surface area (Å²) in [5.74, 6) is 0.887. The van der Waals surface area contributed by atoms with Crippen LogP contribution in [0.2, 0.25) is 0 Å². The molecule has 3 rings (SSSR count). The van der Waals surface area contributed by atoms with Crippen LogP contribution in [0.4, 0.5) is 0 Å². The van der Waals surface area contributed by atoms with E-state index < -0.39 is 6.10 Å². The van der Waals surface area contributed by atoms with E-state index in [0.29, 0.717) is 19.2 Å². The van der Waals surface area contributed by atoms with E-state index >= 15 is 0 Å². The Hall–Kier alpha value is -1.14. The van der Waals surface area contributed by atoms with Crippen molar-refractivity contribution in [1.82, 2.24) is 9.80 Å². The van der Waals surface area contributed by atoms with Crippen LogP contribution in [0.15, 0.2) is 24.3 Å². The van der Waals surface area contributed by atoms with Crippen molar-refractivity contribution < 1.29 is 14.6 Å². The highest BCUT2D eigenvalue weighted by Gasteiger charge is 2.20. The highest BCUT2D eigenvalue weighted by Crippen LogP contribution is 2.23. The van der Waals surface area contributed by atoms with Gasteiger partial charge in [-0.15, -0.1) is 0 Å². The Labute approximate surface area is 157 Å². The highest BCUT2D eigenvalue weighted by atomic mass is 16.5. The smallest absolute Gasteiger partial charge is 0.123 e. The molecule has 0 spiro atoms. The Morgan fingerprint density at radius 1 is 1.19 bits per heavy atom. The zero-order valence-electron chi connectivity index (χ0n) is 16.1. The molecule has 0 aromatic heterocycles. The molecule has 2 fully saturated rings. The summed E-state index contributed by atoms with van der Waals surface area (Å²) in [7, 11) is 2.13. The predicted octanol–water partition coefficient (Wildman–Crippen LogP) is 2.52. The lowest BCUT2D eigenvalue weighted by atomic mass is 9.94. The molecular formula is C21H34N2O3. The molecule has 1 atom stereocenters. The molecule has 1 saturated heterocycles. The van der Waals surface area contributed by atoms with Crippen LogP contribution in [-0.4, -0.2) is 73.6 Å². The molecule has 1 aromatic carbocycles. The molecule has 1 N–H and O–H groups in total. The number of hydrogen-bond acceptors (Lipinski definition) is 5. The molecule has 5 nitrogen and oxygen atoms in total. The Balaban J connectivity index is 1.47. The first-order valence-electron chi connectivity index (χ1n) is 10.1. The van der Waals surface area contributed by atoms with E-state index in [-0.39, 0.29) is 0 Å². The van der Waals surface area contributed by atoms with Crippen molar-refractivity contribution in [3.63, 3.8) is 0 Å². The summed E-state index contributed by atoms with van der Waals surface area (Å²) in [4.78, 5) is 4.70. The monoisotopic (exact) mass is 362 g/mol. The average Bonchev–Trinajstić information content (AvgIpc) is 2.69. The van der Waals surface area contributed by atoms with Gasteiger partial charge in [-0.2, -0.15) is 0 Å². The van der Waals surface area contributed by atoms with Gasteiger partial charge in [-0.3, -0.25) is 4.90 Å². The maximum absolute atomic E-state index is 10.4. The Morgan fingerprint density at radius 2 is 1.92 bits per heavy atom. The molecular weight excluding hydrogens is 328 g/mol. The maximum atomic E-state index is 10.4. The van der Waals surface area contributed by atoms with Gasteiger partial charge in [0.2, 0.25) is 0 Å². The molecule has 1 aliphatic carbocycles.